The summed E-state index contributed by atoms with van der Waals surface area (Å²) in [7, 11) is 0. The van der Waals surface area contributed by atoms with E-state index in [0.717, 1.165) is 6.07 Å². The summed E-state index contributed by atoms with van der Waals surface area (Å²) in [5.41, 5.74) is -1.10. The Balaban J connectivity index is 1.66. The monoisotopic (exact) mass is 566 g/mol. The Kier molecular flexibility index (Phi) is 7.47. The van der Waals surface area contributed by atoms with Crippen LogP contribution in [0.15, 0.2) is 39.5 Å². The normalized spacial score (nSPS) is 30.8. The van der Waals surface area contributed by atoms with E-state index < -0.39 is 102 Å². The molecule has 0 aliphatic carbocycles. The van der Waals surface area contributed by atoms with Crippen LogP contribution in [-0.2, 0) is 9.47 Å². The second-order valence-corrected chi connectivity index (χ2v) is 9.32. The number of benzene rings is 2. The predicted molar refractivity (Wildman–Crippen MR) is 130 cm³/mol. The first-order valence-electron chi connectivity index (χ1n) is 12.0. The number of aliphatic hydroxyl groups excluding tert-OH is 6. The third-order valence-corrected chi connectivity index (χ3v) is 6.56. The molecule has 2 fully saturated rings. The first kappa shape index (κ1) is 27.9. The smallest absolute Gasteiger partial charge is 0.229 e. The van der Waals surface area contributed by atoms with Gasteiger partial charge in [-0.25, -0.2) is 0 Å². The van der Waals surface area contributed by atoms with Crippen LogP contribution < -0.4 is 14.9 Å². The van der Waals surface area contributed by atoms with Gasteiger partial charge in [0.2, 0.25) is 29.8 Å². The zero-order valence-corrected chi connectivity index (χ0v) is 20.4. The van der Waals surface area contributed by atoms with Gasteiger partial charge >= 0.3 is 0 Å². The van der Waals surface area contributed by atoms with Gasteiger partial charge in [0.25, 0.3) is 0 Å². The molecule has 0 amide bonds. The van der Waals surface area contributed by atoms with Crippen molar-refractivity contribution in [2.75, 3.05) is 13.2 Å². The molecule has 3 heterocycles. The number of aromatic hydroxyl groups is 3. The third kappa shape index (κ3) is 4.89. The summed E-state index contributed by atoms with van der Waals surface area (Å²) >= 11 is 0. The van der Waals surface area contributed by atoms with Crippen LogP contribution >= 0.6 is 0 Å². The quantitative estimate of drug-likeness (QED) is 0.165. The number of hydrogen-bond donors (Lipinski definition) is 9. The molecular formula is C25H26O15. The molecule has 2 aliphatic rings. The summed E-state index contributed by atoms with van der Waals surface area (Å²) in [5, 5.41) is 91.2. The van der Waals surface area contributed by atoms with E-state index >= 15 is 0 Å². The predicted octanol–water partition coefficient (Wildman–Crippen LogP) is -1.79. The summed E-state index contributed by atoms with van der Waals surface area (Å²) < 4.78 is 27.2. The molecule has 2 aromatic carbocycles. The van der Waals surface area contributed by atoms with Crippen molar-refractivity contribution in [1.82, 2.24) is 0 Å². The average Bonchev–Trinajstić information content (AvgIpc) is 2.93. The molecule has 15 heteroatoms. The minimum Gasteiger partial charge on any atom is -0.508 e. The van der Waals surface area contributed by atoms with Crippen LogP contribution in [0.1, 0.15) is 0 Å². The molecule has 216 valence electrons. The standard InChI is InChI=1S/C25H26O15/c26-9-3-1-8(2-4-9)13-5-10(27)14-17(32)22(39-24-18(33)15(30)11(28)6-36-24)20(35)23(21(14)38-13)40-25-19(34)16(31)12(29)7-37-25/h1-5,11-12,15-16,18-19,24-26,28-35H,6-7H2/t11-,12-,15-,16-,18+,19-,24+,25+/m1/s1. The van der Waals surface area contributed by atoms with Gasteiger partial charge in [-0.1, -0.05) is 0 Å². The lowest BCUT2D eigenvalue weighted by molar-refractivity contribution is -0.243. The molecule has 0 radical (unpaired) electrons. The Morgan fingerprint density at radius 2 is 1.23 bits per heavy atom. The Hall–Kier alpha value is -3.67. The van der Waals surface area contributed by atoms with Crippen molar-refractivity contribution in [1.29, 1.82) is 0 Å². The number of fused-ring (bicyclic) bond motifs is 1. The summed E-state index contributed by atoms with van der Waals surface area (Å²) in [6, 6.07) is 6.48. The molecule has 9 N–H and O–H groups in total. The summed E-state index contributed by atoms with van der Waals surface area (Å²) in [6.45, 7) is -0.962. The second-order valence-electron chi connectivity index (χ2n) is 9.32. The maximum Gasteiger partial charge on any atom is 0.229 e. The number of aliphatic hydroxyl groups is 6. The Labute approximate surface area is 223 Å². The highest BCUT2D eigenvalue weighted by molar-refractivity contribution is 5.95. The summed E-state index contributed by atoms with van der Waals surface area (Å²) in [5.74, 6) is -3.71. The molecule has 0 spiro atoms. The number of hydrogen-bond acceptors (Lipinski definition) is 15. The minimum atomic E-state index is -1.85. The molecule has 40 heavy (non-hydrogen) atoms. The lowest BCUT2D eigenvalue weighted by Crippen LogP contribution is -2.55. The topological polar surface area (TPSA) is 249 Å². The average molecular weight is 566 g/mol. The fourth-order valence-electron chi connectivity index (χ4n) is 4.30. The van der Waals surface area contributed by atoms with E-state index in [1.165, 1.54) is 24.3 Å². The van der Waals surface area contributed by atoms with Crippen LogP contribution in [0.4, 0.5) is 0 Å². The van der Waals surface area contributed by atoms with E-state index in [0.29, 0.717) is 5.56 Å². The van der Waals surface area contributed by atoms with Crippen LogP contribution in [0.5, 0.6) is 28.7 Å². The summed E-state index contributed by atoms with van der Waals surface area (Å²) in [6.07, 6.45) is -13.5. The zero-order chi connectivity index (χ0) is 28.9. The molecule has 2 saturated heterocycles. The van der Waals surface area contributed by atoms with Crippen molar-refractivity contribution in [3.63, 3.8) is 0 Å². The highest BCUT2D eigenvalue weighted by atomic mass is 16.7. The number of ether oxygens (including phenoxy) is 4. The van der Waals surface area contributed by atoms with Gasteiger partial charge in [-0.3, -0.25) is 4.79 Å². The lowest BCUT2D eigenvalue weighted by Gasteiger charge is -2.36. The van der Waals surface area contributed by atoms with Gasteiger partial charge in [0, 0.05) is 11.6 Å². The van der Waals surface area contributed by atoms with E-state index in [2.05, 4.69) is 0 Å². The molecule has 1 aromatic heterocycles. The fourth-order valence-corrected chi connectivity index (χ4v) is 4.30. The fraction of sp³-hybridized carbons (Fsp3) is 0.400. The largest absolute Gasteiger partial charge is 0.508 e. The number of phenols is 3. The van der Waals surface area contributed by atoms with Crippen LogP contribution in [-0.4, -0.2) is 108 Å². The highest BCUT2D eigenvalue weighted by Gasteiger charge is 2.42. The first-order chi connectivity index (χ1) is 19.0. The lowest BCUT2D eigenvalue weighted by atomic mass is 10.1. The minimum absolute atomic E-state index is 0.0677. The van der Waals surface area contributed by atoms with Crippen LogP contribution in [0, 0.1) is 0 Å². The Bertz CT molecular complexity index is 1440. The second kappa shape index (κ2) is 10.7. The third-order valence-electron chi connectivity index (χ3n) is 6.56. The van der Waals surface area contributed by atoms with Gasteiger partial charge < -0.3 is 69.3 Å². The number of rotatable bonds is 5. The van der Waals surface area contributed by atoms with E-state index in [9.17, 15) is 50.8 Å². The number of phenolic OH excluding ortho intramolecular Hbond substituents is 3. The Morgan fingerprint density at radius 1 is 0.700 bits per heavy atom. The van der Waals surface area contributed by atoms with Crippen molar-refractivity contribution in [2.24, 2.45) is 0 Å². The maximum atomic E-state index is 13.2. The van der Waals surface area contributed by atoms with Crippen molar-refractivity contribution in [3.05, 3.63) is 40.6 Å². The molecule has 3 aromatic rings. The zero-order valence-electron chi connectivity index (χ0n) is 20.4. The molecule has 0 unspecified atom stereocenters. The van der Waals surface area contributed by atoms with Gasteiger partial charge in [0.05, 0.1) is 13.2 Å². The van der Waals surface area contributed by atoms with Crippen molar-refractivity contribution in [2.45, 2.75) is 49.2 Å². The van der Waals surface area contributed by atoms with Gasteiger partial charge in [-0.05, 0) is 24.3 Å². The van der Waals surface area contributed by atoms with Crippen molar-refractivity contribution >= 4 is 11.0 Å². The highest BCUT2D eigenvalue weighted by Crippen LogP contribution is 2.51. The molecule has 5 rings (SSSR count). The van der Waals surface area contributed by atoms with E-state index in [4.69, 9.17) is 23.4 Å². The van der Waals surface area contributed by atoms with E-state index in [1.54, 1.807) is 0 Å². The molecule has 0 bridgehead atoms. The maximum absolute atomic E-state index is 13.2. The molecule has 2 aliphatic heterocycles. The van der Waals surface area contributed by atoms with Gasteiger partial charge in [-0.15, -0.1) is 0 Å². The van der Waals surface area contributed by atoms with Crippen molar-refractivity contribution < 1.29 is 69.3 Å². The van der Waals surface area contributed by atoms with Crippen LogP contribution in [0.3, 0.4) is 0 Å². The van der Waals surface area contributed by atoms with Crippen molar-refractivity contribution in [3.8, 4) is 40.1 Å². The molecule has 8 atom stereocenters. The first-order valence-corrected chi connectivity index (χ1v) is 12.0. The van der Waals surface area contributed by atoms with Crippen LogP contribution in [0.2, 0.25) is 0 Å². The van der Waals surface area contributed by atoms with Crippen LogP contribution in [0.25, 0.3) is 22.3 Å². The van der Waals surface area contributed by atoms with E-state index in [1.807, 2.05) is 0 Å². The van der Waals surface area contributed by atoms with Gasteiger partial charge in [0.15, 0.2) is 16.8 Å². The van der Waals surface area contributed by atoms with Gasteiger partial charge in [-0.2, -0.15) is 0 Å². The molecular weight excluding hydrogens is 540 g/mol. The molecule has 0 saturated carbocycles. The van der Waals surface area contributed by atoms with Gasteiger partial charge in [0.1, 0.15) is 53.5 Å². The molecule has 15 nitrogen and oxygen atoms in total. The van der Waals surface area contributed by atoms with E-state index in [-0.39, 0.29) is 11.5 Å². The summed E-state index contributed by atoms with van der Waals surface area (Å²) in [4.78, 5) is 13.2. The SMILES string of the molecule is O=c1cc(-c2ccc(O)cc2)oc2c(O[C@@H]3OC[C@@H](O)[C@@H](O)[C@H]3O)c(O)c(O[C@@H]3OC[C@@H](O)[C@@H](O)[C@@H]3O)c(O)c12. The Morgan fingerprint density at radius 3 is 1.77 bits per heavy atom.